The van der Waals surface area contributed by atoms with E-state index in [1.165, 1.54) is 0 Å². The van der Waals surface area contributed by atoms with E-state index < -0.39 is 24.4 Å². The van der Waals surface area contributed by atoms with Gasteiger partial charge in [-0.15, -0.1) is 0 Å². The predicted octanol–water partition coefficient (Wildman–Crippen LogP) is 4.51. The predicted molar refractivity (Wildman–Crippen MR) is 70.9 cm³/mol. The number of aliphatic hydroxyl groups excluding tert-OH is 1. The summed E-state index contributed by atoms with van der Waals surface area (Å²) in [6, 6.07) is 3.49. The molecule has 5 heteroatoms. The van der Waals surface area contributed by atoms with Gasteiger partial charge in [0.15, 0.2) is 0 Å². The van der Waals surface area contributed by atoms with Crippen LogP contribution < -0.4 is 0 Å². The average molecular weight is 302 g/mol. The highest BCUT2D eigenvalue weighted by atomic mass is 19.3. The fourth-order valence-corrected chi connectivity index (χ4v) is 3.65. The first-order valence-electron chi connectivity index (χ1n) is 7.27. The molecule has 0 amide bonds. The topological polar surface area (TPSA) is 20.2 Å². The lowest BCUT2D eigenvalue weighted by atomic mass is 9.79. The van der Waals surface area contributed by atoms with E-state index in [9.17, 15) is 22.7 Å². The van der Waals surface area contributed by atoms with Crippen molar-refractivity contribution in [3.05, 3.63) is 34.4 Å². The summed E-state index contributed by atoms with van der Waals surface area (Å²) in [5, 5.41) is 9.83. The Hall–Kier alpha value is -1.10. The lowest BCUT2D eigenvalue weighted by Crippen LogP contribution is -2.24. The third-order valence-corrected chi connectivity index (χ3v) is 4.85. The molecule has 1 unspecified atom stereocenters. The van der Waals surface area contributed by atoms with Crippen LogP contribution in [-0.4, -0.2) is 17.0 Å². The minimum atomic E-state index is -3.16. The maximum absolute atomic E-state index is 13.8. The van der Waals surface area contributed by atoms with E-state index in [-0.39, 0.29) is 18.8 Å². The Morgan fingerprint density at radius 1 is 1.10 bits per heavy atom. The van der Waals surface area contributed by atoms with Crippen LogP contribution in [0.4, 0.5) is 17.6 Å². The molecular formula is C16H18F4O. The van der Waals surface area contributed by atoms with Gasteiger partial charge in [0.1, 0.15) is 6.10 Å². The molecule has 0 heterocycles. The zero-order valence-corrected chi connectivity index (χ0v) is 11.8. The van der Waals surface area contributed by atoms with Gasteiger partial charge in [-0.05, 0) is 47.9 Å². The number of hydrogen-bond acceptors (Lipinski definition) is 1. The van der Waals surface area contributed by atoms with Crippen molar-refractivity contribution in [2.24, 2.45) is 0 Å². The summed E-state index contributed by atoms with van der Waals surface area (Å²) in [6.45, 7) is 1.70. The summed E-state index contributed by atoms with van der Waals surface area (Å²) in [7, 11) is 0. The molecule has 1 N–H and O–H groups in total. The van der Waals surface area contributed by atoms with E-state index in [0.717, 1.165) is 5.56 Å². The Morgan fingerprint density at radius 2 is 1.71 bits per heavy atom. The Kier molecular flexibility index (Phi) is 3.32. The molecule has 0 saturated heterocycles. The molecule has 1 aromatic rings. The molecule has 0 spiro atoms. The molecule has 1 nitrogen and oxygen atoms in total. The smallest absolute Gasteiger partial charge is 0.281 e. The van der Waals surface area contributed by atoms with Crippen LogP contribution in [0, 0.1) is 6.92 Å². The van der Waals surface area contributed by atoms with Gasteiger partial charge >= 0.3 is 0 Å². The van der Waals surface area contributed by atoms with Crippen molar-refractivity contribution in [3.63, 3.8) is 0 Å². The Morgan fingerprint density at radius 3 is 2.33 bits per heavy atom. The minimum absolute atomic E-state index is 0.111. The van der Waals surface area contributed by atoms with Crippen LogP contribution >= 0.6 is 0 Å². The second-order valence-corrected chi connectivity index (χ2v) is 6.33. The fourth-order valence-electron chi connectivity index (χ4n) is 3.65. The molecule has 0 radical (unpaired) electrons. The molecule has 1 saturated carbocycles. The monoisotopic (exact) mass is 302 g/mol. The first kappa shape index (κ1) is 14.8. The maximum Gasteiger partial charge on any atom is 0.281 e. The van der Waals surface area contributed by atoms with Crippen molar-refractivity contribution in [3.8, 4) is 0 Å². The number of rotatable bonds is 1. The van der Waals surface area contributed by atoms with Crippen molar-refractivity contribution in [1.29, 1.82) is 0 Å². The number of hydrogen-bond donors (Lipinski definition) is 1. The van der Waals surface area contributed by atoms with E-state index >= 15 is 0 Å². The fraction of sp³-hybridized carbons (Fsp3) is 0.625. The molecule has 1 atom stereocenters. The highest BCUT2D eigenvalue weighted by Crippen LogP contribution is 2.49. The number of fused-ring (bicyclic) bond motifs is 1. The SMILES string of the molecule is Cc1ccc(C2CCC(F)(F)CC2)c2c1C(O)C(F)(F)C2. The van der Waals surface area contributed by atoms with Crippen molar-refractivity contribution < 1.29 is 22.7 Å². The second kappa shape index (κ2) is 4.70. The van der Waals surface area contributed by atoms with Gasteiger partial charge in [0.05, 0.1) is 0 Å². The Balaban J connectivity index is 1.96. The van der Waals surface area contributed by atoms with E-state index in [1.54, 1.807) is 19.1 Å². The van der Waals surface area contributed by atoms with E-state index in [4.69, 9.17) is 0 Å². The van der Waals surface area contributed by atoms with Crippen LogP contribution in [0.5, 0.6) is 0 Å². The second-order valence-electron chi connectivity index (χ2n) is 6.33. The lowest BCUT2D eigenvalue weighted by Gasteiger charge is -2.30. The molecule has 1 aromatic carbocycles. The minimum Gasteiger partial charge on any atom is -0.382 e. The van der Waals surface area contributed by atoms with Gasteiger partial charge in [-0.2, -0.15) is 0 Å². The molecule has 2 aliphatic rings. The number of alkyl halides is 4. The van der Waals surface area contributed by atoms with Crippen LogP contribution in [0.3, 0.4) is 0 Å². The largest absolute Gasteiger partial charge is 0.382 e. The zero-order chi connectivity index (χ0) is 15.4. The highest BCUT2D eigenvalue weighted by molar-refractivity contribution is 5.48. The first-order valence-corrected chi connectivity index (χ1v) is 7.27. The molecule has 21 heavy (non-hydrogen) atoms. The molecule has 0 aliphatic heterocycles. The standard InChI is InChI=1S/C16H18F4O/c1-9-2-3-11(10-4-6-15(17,18)7-5-10)12-8-16(19,20)14(21)13(9)12/h2-3,10,14,21H,4-8H2,1H3. The van der Waals surface area contributed by atoms with E-state index in [2.05, 4.69) is 0 Å². The number of benzene rings is 1. The molecule has 116 valence electrons. The van der Waals surface area contributed by atoms with E-state index in [1.807, 2.05) is 0 Å². The number of halogens is 4. The molecule has 1 fully saturated rings. The summed E-state index contributed by atoms with van der Waals surface area (Å²) < 4.78 is 54.1. The van der Waals surface area contributed by atoms with Crippen LogP contribution in [0.1, 0.15) is 60.0 Å². The molecular weight excluding hydrogens is 284 g/mol. The third kappa shape index (κ3) is 2.45. The summed E-state index contributed by atoms with van der Waals surface area (Å²) in [4.78, 5) is 0. The van der Waals surface area contributed by atoms with Gasteiger partial charge in [-0.25, -0.2) is 17.6 Å². The molecule has 0 aromatic heterocycles. The normalized spacial score (nSPS) is 27.6. The van der Waals surface area contributed by atoms with Gasteiger partial charge in [0, 0.05) is 19.3 Å². The summed E-state index contributed by atoms with van der Waals surface area (Å²) in [5.41, 5.74) is 2.14. The summed E-state index contributed by atoms with van der Waals surface area (Å²) in [5.74, 6) is -5.91. The maximum atomic E-state index is 13.8. The third-order valence-electron chi connectivity index (χ3n) is 4.85. The first-order chi connectivity index (χ1) is 9.71. The zero-order valence-electron chi connectivity index (χ0n) is 11.8. The van der Waals surface area contributed by atoms with Gasteiger partial charge in [0.25, 0.3) is 5.92 Å². The summed E-state index contributed by atoms with van der Waals surface area (Å²) >= 11 is 0. The molecule has 0 bridgehead atoms. The van der Waals surface area contributed by atoms with Crippen LogP contribution in [-0.2, 0) is 6.42 Å². The van der Waals surface area contributed by atoms with Crippen molar-refractivity contribution in [2.45, 2.75) is 62.9 Å². The van der Waals surface area contributed by atoms with Crippen molar-refractivity contribution >= 4 is 0 Å². The van der Waals surface area contributed by atoms with E-state index in [0.29, 0.717) is 29.5 Å². The Labute approximate surface area is 121 Å². The average Bonchev–Trinajstić information content (AvgIpc) is 2.63. The molecule has 3 rings (SSSR count). The lowest BCUT2D eigenvalue weighted by molar-refractivity contribution is -0.0970. The van der Waals surface area contributed by atoms with Crippen molar-refractivity contribution in [2.75, 3.05) is 0 Å². The van der Waals surface area contributed by atoms with Gasteiger partial charge < -0.3 is 5.11 Å². The Bertz CT molecular complexity index is 558. The van der Waals surface area contributed by atoms with Crippen LogP contribution in [0.25, 0.3) is 0 Å². The quantitative estimate of drug-likeness (QED) is 0.757. The highest BCUT2D eigenvalue weighted by Gasteiger charge is 2.49. The van der Waals surface area contributed by atoms with Gasteiger partial charge in [-0.1, -0.05) is 12.1 Å². The van der Waals surface area contributed by atoms with Crippen LogP contribution in [0.15, 0.2) is 12.1 Å². The van der Waals surface area contributed by atoms with Gasteiger partial charge in [0.2, 0.25) is 5.92 Å². The number of aryl methyl sites for hydroxylation is 1. The summed E-state index contributed by atoms with van der Waals surface area (Å²) in [6.07, 6.45) is -2.04. The van der Waals surface area contributed by atoms with Crippen LogP contribution in [0.2, 0.25) is 0 Å². The molecule has 2 aliphatic carbocycles. The number of aliphatic hydroxyl groups is 1. The van der Waals surface area contributed by atoms with Gasteiger partial charge in [-0.3, -0.25) is 0 Å². The van der Waals surface area contributed by atoms with Crippen molar-refractivity contribution in [1.82, 2.24) is 0 Å².